The zero-order valence-electron chi connectivity index (χ0n) is 22.0. The number of anilines is 1. The van der Waals surface area contributed by atoms with E-state index in [-0.39, 0.29) is 23.6 Å². The molecule has 5 rings (SSSR count). The van der Waals surface area contributed by atoms with Crippen LogP contribution in [0.5, 0.6) is 11.8 Å². The monoisotopic (exact) mass is 546 g/mol. The molecule has 0 spiro atoms. The molecule has 0 fully saturated rings. The Morgan fingerprint density at radius 1 is 0.950 bits per heavy atom. The Bertz CT molecular complexity index is 1620. The number of carbonyl (C=O) groups is 1. The Labute approximate surface area is 228 Å². The van der Waals surface area contributed by atoms with Gasteiger partial charge in [-0.1, -0.05) is 12.1 Å². The highest BCUT2D eigenvalue weighted by Gasteiger charge is 2.30. The molecule has 0 saturated carbocycles. The van der Waals surface area contributed by atoms with Gasteiger partial charge in [-0.25, -0.2) is 23.1 Å². The highest BCUT2D eigenvalue weighted by molar-refractivity contribution is 5.92. The maximum Gasteiger partial charge on any atom is 0.275 e. The number of carbonyl (C=O) groups excluding carboxylic acids is 1. The first-order valence-electron chi connectivity index (χ1n) is 12.4. The Hall–Kier alpha value is -4.73. The maximum atomic E-state index is 15.0. The van der Waals surface area contributed by atoms with E-state index in [0.717, 1.165) is 34.0 Å². The van der Waals surface area contributed by atoms with Crippen LogP contribution in [0.3, 0.4) is 0 Å². The van der Waals surface area contributed by atoms with Gasteiger partial charge in [0, 0.05) is 37.4 Å². The molecule has 40 heavy (non-hydrogen) atoms. The lowest BCUT2D eigenvalue weighted by molar-refractivity contribution is -0.115. The molecule has 4 aromatic rings. The molecule has 10 heteroatoms. The molecule has 3 heterocycles. The first-order chi connectivity index (χ1) is 19.1. The van der Waals surface area contributed by atoms with Crippen molar-refractivity contribution >= 4 is 23.2 Å². The second-order valence-corrected chi connectivity index (χ2v) is 9.40. The third-order valence-electron chi connectivity index (χ3n) is 6.55. The lowest BCUT2D eigenvalue weighted by Gasteiger charge is -2.15. The van der Waals surface area contributed by atoms with Crippen LogP contribution < -0.4 is 14.8 Å². The van der Waals surface area contributed by atoms with Gasteiger partial charge in [0.15, 0.2) is 0 Å². The molecule has 1 aromatic carbocycles. The molecular weight excluding hydrogens is 521 g/mol. The largest absolute Gasteiger partial charge is 0.481 e. The van der Waals surface area contributed by atoms with Crippen molar-refractivity contribution in [2.24, 2.45) is 0 Å². The second-order valence-electron chi connectivity index (χ2n) is 9.40. The van der Waals surface area contributed by atoms with E-state index in [1.54, 1.807) is 31.6 Å². The third-order valence-corrected chi connectivity index (χ3v) is 6.55. The van der Waals surface area contributed by atoms with Crippen molar-refractivity contribution in [3.63, 3.8) is 0 Å². The van der Waals surface area contributed by atoms with Gasteiger partial charge in [-0.2, -0.15) is 0 Å². The van der Waals surface area contributed by atoms with Crippen molar-refractivity contribution in [2.45, 2.75) is 25.7 Å². The van der Waals surface area contributed by atoms with Crippen molar-refractivity contribution in [3.05, 3.63) is 94.8 Å². The molecule has 0 radical (unpaired) electrons. The molecule has 0 atom stereocenters. The molecule has 1 aliphatic rings. The number of nitrogens with one attached hydrogen (secondary N) is 1. The van der Waals surface area contributed by atoms with E-state index < -0.39 is 23.2 Å². The lowest BCUT2D eigenvalue weighted by Crippen LogP contribution is -2.17. The van der Waals surface area contributed by atoms with Crippen LogP contribution in [0.4, 0.5) is 18.9 Å². The second kappa shape index (κ2) is 10.8. The highest BCUT2D eigenvalue weighted by Crippen LogP contribution is 2.35. The summed E-state index contributed by atoms with van der Waals surface area (Å²) >= 11 is 0. The van der Waals surface area contributed by atoms with Gasteiger partial charge in [-0.05, 0) is 58.2 Å². The van der Waals surface area contributed by atoms with Crippen LogP contribution in [0, 0.1) is 5.82 Å². The summed E-state index contributed by atoms with van der Waals surface area (Å²) in [6.07, 6.45) is 7.06. The number of nitrogens with zero attached hydrogens (tertiary/aromatic N) is 3. The van der Waals surface area contributed by atoms with E-state index >= 15 is 4.39 Å². The Morgan fingerprint density at radius 2 is 1.73 bits per heavy atom. The van der Waals surface area contributed by atoms with E-state index in [0.29, 0.717) is 24.8 Å². The molecular formula is C30H25F3N4O3. The average Bonchev–Trinajstić information content (AvgIpc) is 3.37. The summed E-state index contributed by atoms with van der Waals surface area (Å²) in [6.45, 7) is 0.708. The summed E-state index contributed by atoms with van der Waals surface area (Å²) in [4.78, 5) is 25.2. The fraction of sp³-hybridized carbons (Fsp3) is 0.200. The Kier molecular flexibility index (Phi) is 7.25. The number of hydrogen-bond acceptors (Lipinski definition) is 6. The van der Waals surface area contributed by atoms with E-state index in [1.165, 1.54) is 25.4 Å². The molecule has 1 aliphatic carbocycles. The fourth-order valence-electron chi connectivity index (χ4n) is 4.48. The number of allylic oxidation sites excluding steroid dienone is 1. The third kappa shape index (κ3) is 5.66. The maximum absolute atomic E-state index is 15.0. The van der Waals surface area contributed by atoms with E-state index in [1.807, 2.05) is 18.2 Å². The Morgan fingerprint density at radius 3 is 2.40 bits per heavy atom. The number of alkyl halides is 2. The summed E-state index contributed by atoms with van der Waals surface area (Å²) in [5.41, 5.74) is 5.00. The highest BCUT2D eigenvalue weighted by atomic mass is 19.3. The minimum Gasteiger partial charge on any atom is -0.481 e. The van der Waals surface area contributed by atoms with Crippen LogP contribution >= 0.6 is 0 Å². The van der Waals surface area contributed by atoms with Crippen LogP contribution in [0.2, 0.25) is 0 Å². The summed E-state index contributed by atoms with van der Waals surface area (Å²) in [5, 5.41) is 2.50. The number of hydrogen-bond donors (Lipinski definition) is 1. The number of amides is 1. The lowest BCUT2D eigenvalue weighted by atomic mass is 10.0. The van der Waals surface area contributed by atoms with Gasteiger partial charge in [-0.3, -0.25) is 9.78 Å². The molecule has 1 N–H and O–H groups in total. The van der Waals surface area contributed by atoms with Crippen LogP contribution in [0.1, 0.15) is 34.9 Å². The first kappa shape index (κ1) is 26.9. The molecule has 204 valence electrons. The van der Waals surface area contributed by atoms with Gasteiger partial charge in [0.1, 0.15) is 5.82 Å². The number of benzene rings is 1. The van der Waals surface area contributed by atoms with Gasteiger partial charge >= 0.3 is 0 Å². The number of aromatic nitrogens is 3. The Balaban J connectivity index is 1.30. The number of pyridine rings is 3. The topological polar surface area (TPSA) is 86.2 Å². The van der Waals surface area contributed by atoms with Crippen LogP contribution in [-0.2, 0) is 23.6 Å². The summed E-state index contributed by atoms with van der Waals surface area (Å²) in [7, 11) is 2.80. The van der Waals surface area contributed by atoms with Crippen molar-refractivity contribution < 1.29 is 27.4 Å². The number of halogens is 3. The number of ether oxygens (including phenoxy) is 2. The van der Waals surface area contributed by atoms with E-state index in [9.17, 15) is 13.6 Å². The number of methoxy groups -OCH3 is 2. The molecule has 3 aromatic heterocycles. The molecule has 0 unspecified atom stereocenters. The molecule has 0 saturated heterocycles. The van der Waals surface area contributed by atoms with E-state index in [2.05, 4.69) is 20.3 Å². The summed E-state index contributed by atoms with van der Waals surface area (Å²) in [6, 6.07) is 11.4. The molecule has 0 bridgehead atoms. The quantitative estimate of drug-likeness (QED) is 0.288. The van der Waals surface area contributed by atoms with Gasteiger partial charge in [0.25, 0.3) is 5.92 Å². The van der Waals surface area contributed by atoms with Crippen molar-refractivity contribution in [3.8, 4) is 22.9 Å². The minimum atomic E-state index is -3.22. The van der Waals surface area contributed by atoms with Gasteiger partial charge < -0.3 is 14.8 Å². The SMILES string of the molecule is COc1ccc(C2=Cc3cc(-c4ccc(CC(=O)Nc5cnc(OC)c(C(C)(F)F)c5)c(F)c4)cnc3C2)cn1. The van der Waals surface area contributed by atoms with Gasteiger partial charge in [-0.15, -0.1) is 0 Å². The van der Waals surface area contributed by atoms with Gasteiger partial charge in [0.2, 0.25) is 17.7 Å². The molecule has 1 amide bonds. The smallest absolute Gasteiger partial charge is 0.275 e. The van der Waals surface area contributed by atoms with Crippen molar-refractivity contribution in [2.75, 3.05) is 19.5 Å². The standard InChI is InChI=1S/C30H25F3N4O3/c1-30(32,33)24-13-23(16-36-29(24)40-3)37-27(38)12-18-5-4-17(10-25(18)31)22-9-21-8-20(11-26(21)34-15-22)19-6-7-28(39-2)35-14-19/h4-10,13-16H,11-12H2,1-3H3,(H,37,38). The van der Waals surface area contributed by atoms with E-state index in [4.69, 9.17) is 9.47 Å². The fourth-order valence-corrected chi connectivity index (χ4v) is 4.48. The van der Waals surface area contributed by atoms with Crippen LogP contribution in [0.25, 0.3) is 22.8 Å². The zero-order valence-corrected chi connectivity index (χ0v) is 22.0. The number of rotatable bonds is 8. The van der Waals surface area contributed by atoms with Crippen LogP contribution in [0.15, 0.2) is 61.1 Å². The predicted molar refractivity (Wildman–Crippen MR) is 145 cm³/mol. The molecule has 7 nitrogen and oxygen atoms in total. The zero-order chi connectivity index (χ0) is 28.4. The molecule has 0 aliphatic heterocycles. The normalized spacial score (nSPS) is 12.5. The summed E-state index contributed by atoms with van der Waals surface area (Å²) in [5.74, 6) is -4.07. The number of fused-ring (bicyclic) bond motifs is 1. The van der Waals surface area contributed by atoms with Crippen molar-refractivity contribution in [1.29, 1.82) is 0 Å². The minimum absolute atomic E-state index is 0.0569. The van der Waals surface area contributed by atoms with Crippen LogP contribution in [-0.4, -0.2) is 35.1 Å². The average molecular weight is 547 g/mol. The first-order valence-corrected chi connectivity index (χ1v) is 12.4. The summed E-state index contributed by atoms with van der Waals surface area (Å²) < 4.78 is 52.8. The van der Waals surface area contributed by atoms with Crippen molar-refractivity contribution in [1.82, 2.24) is 15.0 Å². The van der Waals surface area contributed by atoms with Gasteiger partial charge in [0.05, 0.1) is 43.8 Å². The predicted octanol–water partition coefficient (Wildman–Crippen LogP) is 6.08.